The van der Waals surface area contributed by atoms with Crippen molar-refractivity contribution in [3.63, 3.8) is 0 Å². The van der Waals surface area contributed by atoms with Crippen molar-refractivity contribution in [2.45, 2.75) is 32.9 Å². The average molecular weight is 291 g/mol. The van der Waals surface area contributed by atoms with E-state index in [1.165, 1.54) is 0 Å². The molecule has 1 aliphatic heterocycles. The van der Waals surface area contributed by atoms with Crippen LogP contribution in [0.2, 0.25) is 0 Å². The zero-order valence-corrected chi connectivity index (χ0v) is 13.1. The molecule has 21 heavy (non-hydrogen) atoms. The lowest BCUT2D eigenvalue weighted by Gasteiger charge is -2.35. The second-order valence-electron chi connectivity index (χ2n) is 5.67. The Balaban J connectivity index is 1.83. The van der Waals surface area contributed by atoms with E-state index in [2.05, 4.69) is 29.4 Å². The predicted molar refractivity (Wildman–Crippen MR) is 84.7 cm³/mol. The van der Waals surface area contributed by atoms with Crippen molar-refractivity contribution >= 4 is 11.6 Å². The quantitative estimate of drug-likeness (QED) is 0.867. The van der Waals surface area contributed by atoms with Crippen LogP contribution in [0.15, 0.2) is 24.3 Å². The Morgan fingerprint density at radius 2 is 1.90 bits per heavy atom. The topological polar surface area (TPSA) is 53.6 Å². The van der Waals surface area contributed by atoms with Gasteiger partial charge in [0.1, 0.15) is 5.75 Å². The van der Waals surface area contributed by atoms with Crippen LogP contribution in [0, 0.1) is 0 Å². The number of carbonyl (C=O) groups excluding carboxylic acids is 1. The van der Waals surface area contributed by atoms with Gasteiger partial charge in [-0.15, -0.1) is 0 Å². The molecule has 5 nitrogen and oxygen atoms in total. The summed E-state index contributed by atoms with van der Waals surface area (Å²) in [6, 6.07) is 8.32. The van der Waals surface area contributed by atoms with Crippen LogP contribution in [-0.4, -0.2) is 49.1 Å². The molecule has 1 heterocycles. The van der Waals surface area contributed by atoms with Gasteiger partial charge in [0.15, 0.2) is 0 Å². The number of nitrogens with one attached hydrogen (secondary N) is 2. The summed E-state index contributed by atoms with van der Waals surface area (Å²) >= 11 is 0. The van der Waals surface area contributed by atoms with E-state index >= 15 is 0 Å². The van der Waals surface area contributed by atoms with Gasteiger partial charge in [-0.3, -0.25) is 9.69 Å². The maximum Gasteiger partial charge on any atom is 0.238 e. The van der Waals surface area contributed by atoms with E-state index < -0.39 is 0 Å². The molecule has 0 aliphatic carbocycles. The maximum absolute atomic E-state index is 12.1. The molecule has 1 amide bonds. The Morgan fingerprint density at radius 3 is 2.48 bits per heavy atom. The molecule has 2 N–H and O–H groups in total. The fourth-order valence-corrected chi connectivity index (χ4v) is 2.77. The van der Waals surface area contributed by atoms with Crippen molar-refractivity contribution in [1.29, 1.82) is 0 Å². The fraction of sp³-hybridized carbons (Fsp3) is 0.562. The molecule has 2 unspecified atom stereocenters. The maximum atomic E-state index is 12.1. The summed E-state index contributed by atoms with van der Waals surface area (Å²) in [5.41, 5.74) is 0.805. The van der Waals surface area contributed by atoms with Gasteiger partial charge in [0.25, 0.3) is 0 Å². The Morgan fingerprint density at radius 1 is 1.29 bits per heavy atom. The molecule has 1 fully saturated rings. The first kappa shape index (κ1) is 15.8. The van der Waals surface area contributed by atoms with Crippen LogP contribution in [0.5, 0.6) is 5.75 Å². The van der Waals surface area contributed by atoms with Gasteiger partial charge in [-0.1, -0.05) is 0 Å². The highest BCUT2D eigenvalue weighted by Crippen LogP contribution is 2.15. The molecule has 1 aromatic rings. The van der Waals surface area contributed by atoms with E-state index in [9.17, 15) is 4.79 Å². The molecule has 0 spiro atoms. The van der Waals surface area contributed by atoms with Crippen molar-refractivity contribution in [3.8, 4) is 5.75 Å². The van der Waals surface area contributed by atoms with Crippen LogP contribution in [0.25, 0.3) is 0 Å². The number of amides is 1. The summed E-state index contributed by atoms with van der Waals surface area (Å²) in [6.07, 6.45) is 0. The van der Waals surface area contributed by atoms with Crippen LogP contribution in [0.1, 0.15) is 20.8 Å². The molecule has 116 valence electrons. The van der Waals surface area contributed by atoms with Crippen LogP contribution < -0.4 is 15.4 Å². The van der Waals surface area contributed by atoms with E-state index in [0.29, 0.717) is 25.2 Å². The van der Waals surface area contributed by atoms with Crippen molar-refractivity contribution in [3.05, 3.63) is 24.3 Å². The molecule has 2 rings (SSSR count). The minimum absolute atomic E-state index is 0.0282. The molecule has 5 heteroatoms. The van der Waals surface area contributed by atoms with Gasteiger partial charge in [-0.2, -0.15) is 0 Å². The molecule has 0 bridgehead atoms. The van der Waals surface area contributed by atoms with Crippen LogP contribution in [-0.2, 0) is 4.79 Å². The third kappa shape index (κ3) is 5.02. The molecule has 2 atom stereocenters. The number of hydrogen-bond donors (Lipinski definition) is 2. The summed E-state index contributed by atoms with van der Waals surface area (Å²) in [6.45, 7) is 9.13. The Bertz CT molecular complexity index is 451. The lowest BCUT2D eigenvalue weighted by molar-refractivity contribution is -0.117. The Hall–Kier alpha value is -1.59. The summed E-state index contributed by atoms with van der Waals surface area (Å²) in [5, 5.41) is 6.39. The number of rotatable bonds is 5. The molecule has 0 aromatic heterocycles. The lowest BCUT2D eigenvalue weighted by Crippen LogP contribution is -2.55. The summed E-state index contributed by atoms with van der Waals surface area (Å²) in [5.74, 6) is 0.848. The molecular formula is C16H25N3O2. The zero-order valence-electron chi connectivity index (χ0n) is 13.1. The smallest absolute Gasteiger partial charge is 0.238 e. The normalized spacial score (nSPS) is 22.8. The van der Waals surface area contributed by atoms with Gasteiger partial charge in [-0.25, -0.2) is 0 Å². The minimum atomic E-state index is 0.0282. The number of piperazine rings is 1. The molecule has 1 saturated heterocycles. The molecule has 1 aliphatic rings. The van der Waals surface area contributed by atoms with E-state index in [1.807, 2.05) is 31.2 Å². The first-order chi connectivity index (χ1) is 10.1. The second-order valence-corrected chi connectivity index (χ2v) is 5.67. The highest BCUT2D eigenvalue weighted by Gasteiger charge is 2.22. The number of ether oxygens (including phenoxy) is 1. The van der Waals surface area contributed by atoms with Crippen molar-refractivity contribution in [1.82, 2.24) is 10.2 Å². The first-order valence-electron chi connectivity index (χ1n) is 7.58. The Labute approximate surface area is 126 Å². The number of hydrogen-bond acceptors (Lipinski definition) is 4. The van der Waals surface area contributed by atoms with E-state index in [0.717, 1.165) is 24.5 Å². The summed E-state index contributed by atoms with van der Waals surface area (Å²) in [4.78, 5) is 14.3. The third-order valence-corrected chi connectivity index (χ3v) is 3.45. The number of nitrogens with zero attached hydrogens (tertiary/aromatic N) is 1. The van der Waals surface area contributed by atoms with Crippen molar-refractivity contribution in [2.24, 2.45) is 0 Å². The highest BCUT2D eigenvalue weighted by atomic mass is 16.5. The van der Waals surface area contributed by atoms with Crippen molar-refractivity contribution < 1.29 is 9.53 Å². The van der Waals surface area contributed by atoms with E-state index in [1.54, 1.807) is 0 Å². The zero-order chi connectivity index (χ0) is 15.2. The van der Waals surface area contributed by atoms with Crippen LogP contribution in [0.3, 0.4) is 0 Å². The fourth-order valence-electron chi connectivity index (χ4n) is 2.77. The van der Waals surface area contributed by atoms with Gasteiger partial charge < -0.3 is 15.4 Å². The third-order valence-electron chi connectivity index (χ3n) is 3.45. The SMILES string of the molecule is CCOc1ccc(NC(=O)CN2CC(C)NC(C)C2)cc1. The van der Waals surface area contributed by atoms with Gasteiger partial charge in [-0.05, 0) is 45.0 Å². The average Bonchev–Trinajstić information content (AvgIpc) is 2.40. The number of carbonyl (C=O) groups is 1. The number of benzene rings is 1. The van der Waals surface area contributed by atoms with Gasteiger partial charge >= 0.3 is 0 Å². The molecule has 0 saturated carbocycles. The molecular weight excluding hydrogens is 266 g/mol. The highest BCUT2D eigenvalue weighted by molar-refractivity contribution is 5.92. The van der Waals surface area contributed by atoms with Gasteiger partial charge in [0, 0.05) is 30.9 Å². The van der Waals surface area contributed by atoms with Crippen LogP contribution in [0.4, 0.5) is 5.69 Å². The Kier molecular flexibility index (Phi) is 5.59. The van der Waals surface area contributed by atoms with Crippen molar-refractivity contribution in [2.75, 3.05) is 31.6 Å². The standard InChI is InChI=1S/C16H25N3O2/c1-4-21-15-7-5-14(6-8-15)18-16(20)11-19-9-12(2)17-13(3)10-19/h5-8,12-13,17H,4,9-11H2,1-3H3,(H,18,20). The van der Waals surface area contributed by atoms with E-state index in [4.69, 9.17) is 4.74 Å². The summed E-state index contributed by atoms with van der Waals surface area (Å²) < 4.78 is 5.38. The lowest BCUT2D eigenvalue weighted by atomic mass is 10.1. The molecule has 1 aromatic carbocycles. The largest absolute Gasteiger partial charge is 0.494 e. The van der Waals surface area contributed by atoms with Crippen LogP contribution >= 0.6 is 0 Å². The summed E-state index contributed by atoms with van der Waals surface area (Å²) in [7, 11) is 0. The molecule has 0 radical (unpaired) electrons. The predicted octanol–water partition coefficient (Wildman–Crippen LogP) is 1.71. The monoisotopic (exact) mass is 291 g/mol. The first-order valence-corrected chi connectivity index (χ1v) is 7.58. The van der Waals surface area contributed by atoms with Gasteiger partial charge in [0.05, 0.1) is 13.2 Å². The van der Waals surface area contributed by atoms with Gasteiger partial charge in [0.2, 0.25) is 5.91 Å². The second kappa shape index (κ2) is 7.43. The number of anilines is 1. The minimum Gasteiger partial charge on any atom is -0.494 e. The van der Waals surface area contributed by atoms with E-state index in [-0.39, 0.29) is 5.91 Å².